The molecule has 0 saturated heterocycles. The zero-order chi connectivity index (χ0) is 12.9. The molecule has 0 saturated carbocycles. The summed E-state index contributed by atoms with van der Waals surface area (Å²) in [5.74, 6) is -0.933. The van der Waals surface area contributed by atoms with Crippen molar-refractivity contribution in [3.05, 3.63) is 35.9 Å². The number of carbonyl (C=O) groups excluding carboxylic acids is 1. The largest absolute Gasteiger partial charge is 0.274 e. The summed E-state index contributed by atoms with van der Waals surface area (Å²) in [4.78, 5) is 11.2. The Morgan fingerprint density at radius 2 is 1.94 bits per heavy atom. The highest BCUT2D eigenvalue weighted by molar-refractivity contribution is 7.88. The normalized spacial score (nSPS) is 10.6. The van der Waals surface area contributed by atoms with Crippen LogP contribution in [0.3, 0.4) is 0 Å². The summed E-state index contributed by atoms with van der Waals surface area (Å²) >= 11 is 0. The van der Waals surface area contributed by atoms with Gasteiger partial charge >= 0.3 is 0 Å². The van der Waals surface area contributed by atoms with E-state index in [9.17, 15) is 13.2 Å². The minimum atomic E-state index is -3.78. The molecular weight excluding hydrogens is 240 g/mol. The summed E-state index contributed by atoms with van der Waals surface area (Å²) in [6, 6.07) is 10.2. The number of hydrogen-bond donors (Lipinski definition) is 0. The van der Waals surface area contributed by atoms with E-state index in [1.54, 1.807) is 36.4 Å². The summed E-state index contributed by atoms with van der Waals surface area (Å²) < 4.78 is 24.4. The Labute approximate surface area is 100 Å². The van der Waals surface area contributed by atoms with Crippen molar-refractivity contribution in [2.45, 2.75) is 12.7 Å². The lowest BCUT2D eigenvalue weighted by atomic mass is 10.2. The molecule has 5 nitrogen and oxygen atoms in total. The minimum absolute atomic E-state index is 0.283. The smallest absolute Gasteiger partial charge is 0.242 e. The molecule has 0 unspecified atom stereocenters. The number of carbonyl (C=O) groups is 1. The number of benzene rings is 1. The monoisotopic (exact) mass is 252 g/mol. The standard InChI is InChI=1S/C11H12N2O3S/c1-10(14)13(8-7-12)17(15,16)9-11-5-3-2-4-6-11/h2-6H,8-9H2,1H3. The molecule has 0 atom stereocenters. The summed E-state index contributed by atoms with van der Waals surface area (Å²) in [6.07, 6.45) is 0. The maximum atomic E-state index is 11.9. The third-order valence-electron chi connectivity index (χ3n) is 2.09. The third kappa shape index (κ3) is 3.57. The van der Waals surface area contributed by atoms with E-state index in [2.05, 4.69) is 0 Å². The van der Waals surface area contributed by atoms with Crippen LogP contribution in [-0.2, 0) is 20.6 Å². The van der Waals surface area contributed by atoms with Gasteiger partial charge in [0, 0.05) is 6.92 Å². The first-order valence-corrected chi connectivity index (χ1v) is 6.50. The van der Waals surface area contributed by atoms with Gasteiger partial charge in [0.15, 0.2) is 0 Å². The van der Waals surface area contributed by atoms with E-state index in [1.165, 1.54) is 0 Å². The van der Waals surface area contributed by atoms with Gasteiger partial charge in [0.05, 0.1) is 11.8 Å². The predicted octanol–water partition coefficient (Wildman–Crippen LogP) is 0.888. The van der Waals surface area contributed by atoms with Crippen molar-refractivity contribution in [3.8, 4) is 6.07 Å². The van der Waals surface area contributed by atoms with Crippen LogP contribution in [0.2, 0.25) is 0 Å². The van der Waals surface area contributed by atoms with E-state index in [4.69, 9.17) is 5.26 Å². The molecule has 0 aromatic heterocycles. The highest BCUT2D eigenvalue weighted by Gasteiger charge is 2.24. The highest BCUT2D eigenvalue weighted by Crippen LogP contribution is 2.10. The fourth-order valence-electron chi connectivity index (χ4n) is 1.33. The zero-order valence-corrected chi connectivity index (χ0v) is 10.1. The highest BCUT2D eigenvalue weighted by atomic mass is 32.2. The molecule has 0 fully saturated rings. The van der Waals surface area contributed by atoms with E-state index < -0.39 is 22.5 Å². The molecule has 1 rings (SSSR count). The van der Waals surface area contributed by atoms with Gasteiger partial charge in [-0.25, -0.2) is 12.7 Å². The molecule has 0 aliphatic carbocycles. The summed E-state index contributed by atoms with van der Waals surface area (Å²) in [7, 11) is -3.78. The summed E-state index contributed by atoms with van der Waals surface area (Å²) in [5.41, 5.74) is 0.580. The Morgan fingerprint density at radius 3 is 2.41 bits per heavy atom. The van der Waals surface area contributed by atoms with Crippen LogP contribution < -0.4 is 0 Å². The van der Waals surface area contributed by atoms with Crippen molar-refractivity contribution in [1.82, 2.24) is 4.31 Å². The molecule has 0 bridgehead atoms. The summed E-state index contributed by atoms with van der Waals surface area (Å²) in [6.45, 7) is 0.671. The van der Waals surface area contributed by atoms with Gasteiger partial charge in [0.1, 0.15) is 6.54 Å². The average Bonchev–Trinajstić information content (AvgIpc) is 2.26. The zero-order valence-electron chi connectivity index (χ0n) is 9.33. The first-order chi connectivity index (χ1) is 7.97. The fraction of sp³-hybridized carbons (Fsp3) is 0.273. The van der Waals surface area contributed by atoms with Crippen LogP contribution in [0.1, 0.15) is 12.5 Å². The van der Waals surface area contributed by atoms with Crippen LogP contribution in [0.15, 0.2) is 30.3 Å². The molecule has 0 aliphatic rings. The molecule has 1 aromatic carbocycles. The van der Waals surface area contributed by atoms with Crippen LogP contribution in [0.4, 0.5) is 0 Å². The van der Waals surface area contributed by atoms with Crippen LogP contribution in [0.25, 0.3) is 0 Å². The molecule has 17 heavy (non-hydrogen) atoms. The Bertz CT molecular complexity index is 532. The van der Waals surface area contributed by atoms with Gasteiger partial charge < -0.3 is 0 Å². The van der Waals surface area contributed by atoms with E-state index in [0.717, 1.165) is 6.92 Å². The van der Waals surface area contributed by atoms with Gasteiger partial charge in [-0.2, -0.15) is 5.26 Å². The molecular formula is C11H12N2O3S. The maximum Gasteiger partial charge on any atom is 0.242 e. The number of amides is 1. The lowest BCUT2D eigenvalue weighted by Gasteiger charge is -2.17. The number of sulfonamides is 1. The van der Waals surface area contributed by atoms with Crippen molar-refractivity contribution in [2.75, 3.05) is 6.54 Å². The molecule has 0 heterocycles. The number of rotatable bonds is 4. The van der Waals surface area contributed by atoms with Gasteiger partial charge in [-0.05, 0) is 5.56 Å². The van der Waals surface area contributed by atoms with E-state index in [-0.39, 0.29) is 5.75 Å². The Hall–Kier alpha value is -1.87. The lowest BCUT2D eigenvalue weighted by molar-refractivity contribution is -0.123. The molecule has 0 radical (unpaired) electrons. The fourth-order valence-corrected chi connectivity index (χ4v) is 2.75. The quantitative estimate of drug-likeness (QED) is 0.745. The molecule has 90 valence electrons. The first kappa shape index (κ1) is 13.2. The second-order valence-electron chi connectivity index (χ2n) is 3.43. The molecule has 6 heteroatoms. The third-order valence-corrected chi connectivity index (χ3v) is 3.85. The van der Waals surface area contributed by atoms with Gasteiger partial charge in [-0.15, -0.1) is 0 Å². The molecule has 0 N–H and O–H groups in total. The second kappa shape index (κ2) is 5.46. The topological polar surface area (TPSA) is 78.2 Å². The van der Waals surface area contributed by atoms with Crippen molar-refractivity contribution >= 4 is 15.9 Å². The van der Waals surface area contributed by atoms with Crippen molar-refractivity contribution in [1.29, 1.82) is 5.26 Å². The molecule has 1 amide bonds. The lowest BCUT2D eigenvalue weighted by Crippen LogP contribution is -2.36. The van der Waals surface area contributed by atoms with Crippen molar-refractivity contribution in [2.24, 2.45) is 0 Å². The van der Waals surface area contributed by atoms with Crippen LogP contribution in [0.5, 0.6) is 0 Å². The molecule has 0 spiro atoms. The second-order valence-corrected chi connectivity index (χ2v) is 5.32. The van der Waals surface area contributed by atoms with Gasteiger partial charge in [0.25, 0.3) is 0 Å². The van der Waals surface area contributed by atoms with E-state index in [0.29, 0.717) is 9.87 Å². The maximum absolute atomic E-state index is 11.9. The molecule has 0 aliphatic heterocycles. The van der Waals surface area contributed by atoms with Crippen LogP contribution >= 0.6 is 0 Å². The number of nitrogens with zero attached hydrogens (tertiary/aromatic N) is 2. The first-order valence-electron chi connectivity index (χ1n) is 4.89. The van der Waals surface area contributed by atoms with Crippen molar-refractivity contribution in [3.63, 3.8) is 0 Å². The van der Waals surface area contributed by atoms with Crippen LogP contribution in [-0.4, -0.2) is 25.2 Å². The van der Waals surface area contributed by atoms with Gasteiger partial charge in [0.2, 0.25) is 15.9 Å². The SMILES string of the molecule is CC(=O)N(CC#N)S(=O)(=O)Cc1ccccc1. The van der Waals surface area contributed by atoms with Crippen LogP contribution in [0, 0.1) is 11.3 Å². The van der Waals surface area contributed by atoms with E-state index in [1.807, 2.05) is 0 Å². The van der Waals surface area contributed by atoms with Crippen molar-refractivity contribution < 1.29 is 13.2 Å². The average molecular weight is 252 g/mol. The summed E-state index contributed by atoms with van der Waals surface area (Å²) in [5, 5.41) is 8.51. The Balaban J connectivity index is 2.95. The van der Waals surface area contributed by atoms with Gasteiger partial charge in [-0.1, -0.05) is 30.3 Å². The Kier molecular flexibility index (Phi) is 4.24. The van der Waals surface area contributed by atoms with E-state index >= 15 is 0 Å². The number of hydrogen-bond acceptors (Lipinski definition) is 4. The number of nitriles is 1. The minimum Gasteiger partial charge on any atom is -0.274 e. The van der Waals surface area contributed by atoms with Gasteiger partial charge in [-0.3, -0.25) is 4.79 Å². The predicted molar refractivity (Wildman–Crippen MR) is 62.1 cm³/mol. The Morgan fingerprint density at radius 1 is 1.35 bits per heavy atom. The molecule has 1 aromatic rings.